The summed E-state index contributed by atoms with van der Waals surface area (Å²) in [5.41, 5.74) is 4.53. The van der Waals surface area contributed by atoms with E-state index in [0.717, 1.165) is 62.8 Å². The largest absolute Gasteiger partial charge is 0.476 e. The van der Waals surface area contributed by atoms with Crippen LogP contribution in [0.15, 0.2) is 35.4 Å². The van der Waals surface area contributed by atoms with Crippen molar-refractivity contribution >= 4 is 23.0 Å². The second-order valence-corrected chi connectivity index (χ2v) is 9.03. The SMILES string of the molecule is CC(=O)N(C)c1ccc(C)cc1C(=NN)c1cc(N2CCOCC2)cc(OCCN2CCOCC2)n1. The fraction of sp³-hybridized carbons (Fsp3) is 0.500. The van der Waals surface area contributed by atoms with Crippen molar-refractivity contribution in [1.82, 2.24) is 9.88 Å². The lowest BCUT2D eigenvalue weighted by atomic mass is 10.0. The molecule has 2 aliphatic rings. The Hall–Kier alpha value is -3.21. The van der Waals surface area contributed by atoms with Crippen LogP contribution >= 0.6 is 0 Å². The van der Waals surface area contributed by atoms with Crippen LogP contribution in [0.4, 0.5) is 11.4 Å². The van der Waals surface area contributed by atoms with Gasteiger partial charge in [-0.15, -0.1) is 0 Å². The van der Waals surface area contributed by atoms with Crippen LogP contribution in [0.3, 0.4) is 0 Å². The smallest absolute Gasteiger partial charge is 0.223 e. The Morgan fingerprint density at radius 1 is 1.11 bits per heavy atom. The van der Waals surface area contributed by atoms with Crippen molar-refractivity contribution in [1.29, 1.82) is 0 Å². The Bertz CT molecular complexity index is 1080. The summed E-state index contributed by atoms with van der Waals surface area (Å²) >= 11 is 0. The van der Waals surface area contributed by atoms with Crippen LogP contribution in [0.25, 0.3) is 0 Å². The van der Waals surface area contributed by atoms with Crippen LogP contribution in [0.2, 0.25) is 0 Å². The molecule has 0 bridgehead atoms. The minimum absolute atomic E-state index is 0.0846. The van der Waals surface area contributed by atoms with Gasteiger partial charge in [0, 0.05) is 64.0 Å². The molecule has 194 valence electrons. The van der Waals surface area contributed by atoms with Gasteiger partial charge in [-0.2, -0.15) is 5.10 Å². The van der Waals surface area contributed by atoms with Crippen molar-refractivity contribution in [2.75, 3.05) is 82.6 Å². The predicted molar refractivity (Wildman–Crippen MR) is 140 cm³/mol. The number of hydrazone groups is 1. The molecule has 0 aliphatic carbocycles. The van der Waals surface area contributed by atoms with Crippen LogP contribution < -0.4 is 20.4 Å². The van der Waals surface area contributed by atoms with E-state index in [2.05, 4.69) is 14.9 Å². The molecule has 2 aliphatic heterocycles. The summed E-state index contributed by atoms with van der Waals surface area (Å²) < 4.78 is 17.1. The van der Waals surface area contributed by atoms with Crippen LogP contribution in [-0.2, 0) is 14.3 Å². The lowest BCUT2D eigenvalue weighted by Gasteiger charge is -2.29. The number of nitrogens with zero attached hydrogens (tertiary/aromatic N) is 5. The molecule has 3 heterocycles. The summed E-state index contributed by atoms with van der Waals surface area (Å²) in [7, 11) is 1.74. The monoisotopic (exact) mass is 496 g/mol. The average molecular weight is 497 g/mol. The molecule has 2 aromatic rings. The minimum atomic E-state index is -0.0846. The first kappa shape index (κ1) is 25.9. The number of anilines is 2. The number of carbonyl (C=O) groups excluding carboxylic acids is 1. The van der Waals surface area contributed by atoms with E-state index < -0.39 is 0 Å². The molecule has 2 saturated heterocycles. The molecule has 1 aromatic heterocycles. The third-order valence-electron chi connectivity index (χ3n) is 6.54. The number of hydrogen-bond acceptors (Lipinski definition) is 9. The first-order chi connectivity index (χ1) is 17.5. The van der Waals surface area contributed by atoms with E-state index in [4.69, 9.17) is 25.0 Å². The van der Waals surface area contributed by atoms with Gasteiger partial charge in [0.15, 0.2) is 0 Å². The third kappa shape index (κ3) is 6.31. The van der Waals surface area contributed by atoms with Crippen molar-refractivity contribution in [3.05, 3.63) is 47.2 Å². The summed E-state index contributed by atoms with van der Waals surface area (Å²) in [5.74, 6) is 6.39. The molecule has 1 aromatic carbocycles. The Morgan fingerprint density at radius 3 is 2.47 bits per heavy atom. The summed E-state index contributed by atoms with van der Waals surface area (Å²) in [6.07, 6.45) is 0. The zero-order valence-electron chi connectivity index (χ0n) is 21.4. The van der Waals surface area contributed by atoms with Gasteiger partial charge in [-0.05, 0) is 25.1 Å². The van der Waals surface area contributed by atoms with Crippen LogP contribution in [0, 0.1) is 6.92 Å². The summed E-state index contributed by atoms with van der Waals surface area (Å²) in [4.78, 5) is 23.1. The fourth-order valence-corrected chi connectivity index (χ4v) is 4.37. The maximum atomic E-state index is 12.2. The van der Waals surface area contributed by atoms with Gasteiger partial charge in [-0.25, -0.2) is 4.98 Å². The number of morpholine rings is 2. The highest BCUT2D eigenvalue weighted by molar-refractivity contribution is 6.16. The number of aryl methyl sites for hydroxylation is 1. The fourth-order valence-electron chi connectivity index (χ4n) is 4.37. The molecule has 0 radical (unpaired) electrons. The molecule has 2 fully saturated rings. The van der Waals surface area contributed by atoms with E-state index in [1.165, 1.54) is 6.92 Å². The maximum absolute atomic E-state index is 12.2. The quantitative estimate of drug-likeness (QED) is 0.334. The standard InChI is InChI=1S/C26H36N6O4/c1-19-4-5-24(30(3)20(2)33)22(16-19)26(29-27)23-17-21(32-9-13-35-14-10-32)18-25(28-23)36-15-8-31-6-11-34-12-7-31/h4-5,16-18H,6-15,27H2,1-3H3. The van der Waals surface area contributed by atoms with Gasteiger partial charge >= 0.3 is 0 Å². The van der Waals surface area contributed by atoms with Crippen molar-refractivity contribution in [2.24, 2.45) is 10.9 Å². The first-order valence-electron chi connectivity index (χ1n) is 12.4. The lowest BCUT2D eigenvalue weighted by molar-refractivity contribution is -0.116. The lowest BCUT2D eigenvalue weighted by Crippen LogP contribution is -2.38. The molecular weight excluding hydrogens is 460 g/mol. The van der Waals surface area contributed by atoms with Crippen molar-refractivity contribution < 1.29 is 19.0 Å². The molecule has 0 atom stereocenters. The van der Waals surface area contributed by atoms with E-state index in [1.807, 2.05) is 37.3 Å². The first-order valence-corrected chi connectivity index (χ1v) is 12.4. The molecule has 36 heavy (non-hydrogen) atoms. The number of amides is 1. The van der Waals surface area contributed by atoms with Gasteiger partial charge in [0.2, 0.25) is 11.8 Å². The number of nitrogens with two attached hydrogens (primary N) is 1. The second kappa shape index (κ2) is 12.2. The van der Waals surface area contributed by atoms with Gasteiger partial charge in [0.25, 0.3) is 0 Å². The van der Waals surface area contributed by atoms with E-state index in [-0.39, 0.29) is 5.91 Å². The number of rotatable bonds is 8. The van der Waals surface area contributed by atoms with Crippen molar-refractivity contribution in [2.45, 2.75) is 13.8 Å². The summed E-state index contributed by atoms with van der Waals surface area (Å²) in [5, 5.41) is 4.15. The minimum Gasteiger partial charge on any atom is -0.476 e. The van der Waals surface area contributed by atoms with E-state index >= 15 is 0 Å². The molecule has 10 nitrogen and oxygen atoms in total. The normalized spacial score (nSPS) is 17.2. The Morgan fingerprint density at radius 2 is 1.81 bits per heavy atom. The number of carbonyl (C=O) groups is 1. The van der Waals surface area contributed by atoms with E-state index in [1.54, 1.807) is 11.9 Å². The highest BCUT2D eigenvalue weighted by atomic mass is 16.5. The molecular formula is C26H36N6O4. The molecule has 1 amide bonds. The predicted octanol–water partition coefficient (Wildman–Crippen LogP) is 1.63. The van der Waals surface area contributed by atoms with Gasteiger partial charge in [-0.3, -0.25) is 9.69 Å². The average Bonchev–Trinajstić information content (AvgIpc) is 2.90. The Kier molecular flexibility index (Phi) is 8.74. The topological polar surface area (TPSA) is 106 Å². The van der Waals surface area contributed by atoms with Crippen molar-refractivity contribution in [3.63, 3.8) is 0 Å². The molecule has 0 saturated carbocycles. The Labute approximate surface area is 212 Å². The summed E-state index contributed by atoms with van der Waals surface area (Å²) in [6, 6.07) is 9.78. The molecule has 0 spiro atoms. The van der Waals surface area contributed by atoms with E-state index in [9.17, 15) is 4.79 Å². The molecule has 0 unspecified atom stereocenters. The van der Waals surface area contributed by atoms with Crippen LogP contribution in [0.5, 0.6) is 5.88 Å². The van der Waals surface area contributed by atoms with Gasteiger partial charge in [0.05, 0.1) is 37.8 Å². The zero-order valence-corrected chi connectivity index (χ0v) is 21.4. The molecule has 2 N–H and O–H groups in total. The number of pyridine rings is 1. The highest BCUT2D eigenvalue weighted by Crippen LogP contribution is 2.28. The Balaban J connectivity index is 1.67. The van der Waals surface area contributed by atoms with Gasteiger partial charge in [-0.1, -0.05) is 11.6 Å². The van der Waals surface area contributed by atoms with E-state index in [0.29, 0.717) is 42.8 Å². The highest BCUT2D eigenvalue weighted by Gasteiger charge is 2.21. The van der Waals surface area contributed by atoms with Crippen LogP contribution in [-0.4, -0.2) is 94.3 Å². The zero-order chi connectivity index (χ0) is 25.5. The van der Waals surface area contributed by atoms with Gasteiger partial charge < -0.3 is 29.9 Å². The molecule has 4 rings (SSSR count). The maximum Gasteiger partial charge on any atom is 0.223 e. The number of benzene rings is 1. The number of hydrogen-bond donors (Lipinski definition) is 1. The molecule has 10 heteroatoms. The number of aromatic nitrogens is 1. The van der Waals surface area contributed by atoms with Crippen LogP contribution in [0.1, 0.15) is 23.7 Å². The second-order valence-electron chi connectivity index (χ2n) is 9.03. The summed E-state index contributed by atoms with van der Waals surface area (Å²) in [6.45, 7) is 11.0. The third-order valence-corrected chi connectivity index (χ3v) is 6.54. The van der Waals surface area contributed by atoms with Gasteiger partial charge in [0.1, 0.15) is 12.3 Å². The van der Waals surface area contributed by atoms with Crippen molar-refractivity contribution in [3.8, 4) is 5.88 Å². The number of ether oxygens (including phenoxy) is 3.